The SMILES string of the molecule is CC(C)N1CCC[C@H]1c1ccc(-c2cc3c(N4CCN(C(=O)C5CC5)CC4)ccnn3c2)cc1. The Bertz CT molecular complexity index is 1170. The molecule has 0 N–H and O–H groups in total. The normalized spacial score (nSPS) is 21.7. The zero-order valence-corrected chi connectivity index (χ0v) is 20.4. The molecule has 4 heterocycles. The first kappa shape index (κ1) is 21.7. The summed E-state index contributed by atoms with van der Waals surface area (Å²) in [6, 6.07) is 14.7. The third-order valence-corrected chi connectivity index (χ3v) is 7.93. The van der Waals surface area contributed by atoms with Crippen LogP contribution >= 0.6 is 0 Å². The standard InChI is InChI=1S/C28H35N5O/c1-20(2)32-13-3-4-25(32)22-7-5-21(6-8-22)24-18-27-26(11-12-29-33(27)19-24)30-14-16-31(17-15-30)28(34)23-9-10-23/h5-8,11-12,18-20,23,25H,3-4,9-10,13-17H2,1-2H3/t25-/m0/s1. The van der Waals surface area contributed by atoms with E-state index in [2.05, 4.69) is 76.2 Å². The van der Waals surface area contributed by atoms with Crippen LogP contribution in [0.1, 0.15) is 51.1 Å². The molecular formula is C28H35N5O. The molecule has 3 fully saturated rings. The van der Waals surface area contributed by atoms with Crippen LogP contribution in [0.2, 0.25) is 0 Å². The minimum atomic E-state index is 0.306. The van der Waals surface area contributed by atoms with E-state index in [1.807, 2.05) is 10.7 Å². The fourth-order valence-corrected chi connectivity index (χ4v) is 5.84. The minimum Gasteiger partial charge on any atom is -0.366 e. The molecule has 1 aromatic carbocycles. The van der Waals surface area contributed by atoms with E-state index >= 15 is 0 Å². The second kappa shape index (κ2) is 8.73. The Morgan fingerprint density at radius 2 is 1.71 bits per heavy atom. The smallest absolute Gasteiger partial charge is 0.225 e. The van der Waals surface area contributed by atoms with Gasteiger partial charge in [0, 0.05) is 62.1 Å². The largest absolute Gasteiger partial charge is 0.366 e. The van der Waals surface area contributed by atoms with Gasteiger partial charge < -0.3 is 9.80 Å². The Kier molecular flexibility index (Phi) is 5.56. The van der Waals surface area contributed by atoms with Crippen LogP contribution in [0.4, 0.5) is 5.69 Å². The fourth-order valence-electron chi connectivity index (χ4n) is 5.84. The Morgan fingerprint density at radius 1 is 0.941 bits per heavy atom. The molecule has 0 spiro atoms. The van der Waals surface area contributed by atoms with Gasteiger partial charge in [-0.3, -0.25) is 9.69 Å². The second-order valence-electron chi connectivity index (χ2n) is 10.5. The zero-order valence-electron chi connectivity index (χ0n) is 20.4. The highest BCUT2D eigenvalue weighted by molar-refractivity contribution is 5.82. The van der Waals surface area contributed by atoms with Crippen molar-refractivity contribution >= 4 is 17.1 Å². The number of likely N-dealkylation sites (tertiary alicyclic amines) is 1. The summed E-state index contributed by atoms with van der Waals surface area (Å²) in [5.74, 6) is 0.669. The summed E-state index contributed by atoms with van der Waals surface area (Å²) < 4.78 is 2.00. The number of piperazine rings is 1. The van der Waals surface area contributed by atoms with Gasteiger partial charge in [0.15, 0.2) is 0 Å². The fraction of sp³-hybridized carbons (Fsp3) is 0.500. The molecule has 178 valence electrons. The van der Waals surface area contributed by atoms with E-state index in [1.165, 1.54) is 41.8 Å². The van der Waals surface area contributed by atoms with E-state index in [0.29, 0.717) is 23.9 Å². The van der Waals surface area contributed by atoms with E-state index in [9.17, 15) is 4.79 Å². The third-order valence-electron chi connectivity index (χ3n) is 7.93. The maximum Gasteiger partial charge on any atom is 0.225 e. The van der Waals surface area contributed by atoms with Gasteiger partial charge in [-0.15, -0.1) is 0 Å². The van der Waals surface area contributed by atoms with Crippen LogP contribution in [0.5, 0.6) is 0 Å². The summed E-state index contributed by atoms with van der Waals surface area (Å²) in [6.07, 6.45) is 8.71. The molecule has 0 unspecified atom stereocenters. The van der Waals surface area contributed by atoms with E-state index in [4.69, 9.17) is 0 Å². The van der Waals surface area contributed by atoms with E-state index < -0.39 is 0 Å². The Morgan fingerprint density at radius 3 is 2.41 bits per heavy atom. The Labute approximate surface area is 202 Å². The molecule has 1 aliphatic carbocycles. The Hall–Kier alpha value is -2.86. The maximum atomic E-state index is 12.4. The minimum absolute atomic E-state index is 0.306. The third kappa shape index (κ3) is 3.98. The van der Waals surface area contributed by atoms with Crippen LogP contribution in [0.25, 0.3) is 16.6 Å². The molecule has 2 aromatic heterocycles. The molecule has 6 heteroatoms. The van der Waals surface area contributed by atoms with Crippen molar-refractivity contribution < 1.29 is 4.79 Å². The molecule has 0 bridgehead atoms. The molecule has 6 rings (SSSR count). The van der Waals surface area contributed by atoms with Gasteiger partial charge in [-0.25, -0.2) is 4.52 Å². The average Bonchev–Trinajstić information content (AvgIpc) is 3.42. The van der Waals surface area contributed by atoms with Crippen molar-refractivity contribution in [1.29, 1.82) is 0 Å². The Balaban J connectivity index is 1.21. The second-order valence-corrected chi connectivity index (χ2v) is 10.5. The number of carbonyl (C=O) groups is 1. The van der Waals surface area contributed by atoms with Crippen LogP contribution < -0.4 is 4.90 Å². The molecule has 3 aliphatic rings. The molecule has 1 atom stereocenters. The van der Waals surface area contributed by atoms with Crippen molar-refractivity contribution in [2.45, 2.75) is 51.6 Å². The van der Waals surface area contributed by atoms with Crippen molar-refractivity contribution in [2.24, 2.45) is 5.92 Å². The summed E-state index contributed by atoms with van der Waals surface area (Å²) >= 11 is 0. The van der Waals surface area contributed by atoms with Crippen LogP contribution in [-0.4, -0.2) is 64.1 Å². The number of nitrogens with zero attached hydrogens (tertiary/aromatic N) is 5. The van der Waals surface area contributed by atoms with Crippen molar-refractivity contribution in [1.82, 2.24) is 19.4 Å². The number of hydrogen-bond acceptors (Lipinski definition) is 4. The quantitative estimate of drug-likeness (QED) is 0.561. The molecule has 34 heavy (non-hydrogen) atoms. The molecule has 0 radical (unpaired) electrons. The lowest BCUT2D eigenvalue weighted by Crippen LogP contribution is -2.49. The monoisotopic (exact) mass is 457 g/mol. The van der Waals surface area contributed by atoms with Crippen molar-refractivity contribution in [3.05, 3.63) is 54.4 Å². The number of benzene rings is 1. The molecule has 1 amide bonds. The highest BCUT2D eigenvalue weighted by Gasteiger charge is 2.35. The first-order valence-corrected chi connectivity index (χ1v) is 13.0. The zero-order chi connectivity index (χ0) is 23.2. The predicted molar refractivity (Wildman–Crippen MR) is 136 cm³/mol. The molecule has 3 aromatic rings. The molecule has 1 saturated carbocycles. The lowest BCUT2D eigenvalue weighted by atomic mass is 10.00. The lowest BCUT2D eigenvalue weighted by Gasteiger charge is -2.36. The van der Waals surface area contributed by atoms with Crippen molar-refractivity contribution in [3.63, 3.8) is 0 Å². The van der Waals surface area contributed by atoms with Gasteiger partial charge in [0.2, 0.25) is 5.91 Å². The van der Waals surface area contributed by atoms with Gasteiger partial charge in [-0.05, 0) is 69.3 Å². The van der Waals surface area contributed by atoms with Gasteiger partial charge in [-0.1, -0.05) is 24.3 Å². The highest BCUT2D eigenvalue weighted by Crippen LogP contribution is 2.35. The summed E-state index contributed by atoms with van der Waals surface area (Å²) in [6.45, 7) is 9.18. The number of hydrogen-bond donors (Lipinski definition) is 0. The first-order chi connectivity index (χ1) is 16.6. The maximum absolute atomic E-state index is 12.4. The number of fused-ring (bicyclic) bond motifs is 1. The van der Waals surface area contributed by atoms with Crippen LogP contribution in [0.3, 0.4) is 0 Å². The van der Waals surface area contributed by atoms with Gasteiger partial charge in [0.1, 0.15) is 0 Å². The van der Waals surface area contributed by atoms with Gasteiger partial charge >= 0.3 is 0 Å². The first-order valence-electron chi connectivity index (χ1n) is 13.0. The summed E-state index contributed by atoms with van der Waals surface area (Å²) in [7, 11) is 0. The summed E-state index contributed by atoms with van der Waals surface area (Å²) in [5, 5.41) is 4.59. The average molecular weight is 458 g/mol. The van der Waals surface area contributed by atoms with Crippen molar-refractivity contribution in [2.75, 3.05) is 37.6 Å². The number of carbonyl (C=O) groups excluding carboxylic acids is 1. The lowest BCUT2D eigenvalue weighted by molar-refractivity contribution is -0.132. The van der Waals surface area contributed by atoms with E-state index in [0.717, 1.165) is 44.5 Å². The highest BCUT2D eigenvalue weighted by atomic mass is 16.2. The predicted octanol–water partition coefficient (Wildman–Crippen LogP) is 4.61. The van der Waals surface area contributed by atoms with E-state index in [-0.39, 0.29) is 0 Å². The number of aromatic nitrogens is 2. The molecule has 2 aliphatic heterocycles. The van der Waals surface area contributed by atoms with Crippen LogP contribution in [0, 0.1) is 5.92 Å². The molecule has 2 saturated heterocycles. The summed E-state index contributed by atoms with van der Waals surface area (Å²) in [4.78, 5) is 19.5. The van der Waals surface area contributed by atoms with Gasteiger partial charge in [-0.2, -0.15) is 5.10 Å². The van der Waals surface area contributed by atoms with Crippen LogP contribution in [0.15, 0.2) is 48.8 Å². The van der Waals surface area contributed by atoms with Gasteiger partial charge in [0.25, 0.3) is 0 Å². The number of rotatable bonds is 5. The van der Waals surface area contributed by atoms with E-state index in [1.54, 1.807) is 0 Å². The van der Waals surface area contributed by atoms with Crippen molar-refractivity contribution in [3.8, 4) is 11.1 Å². The van der Waals surface area contributed by atoms with Crippen LogP contribution in [-0.2, 0) is 4.79 Å². The van der Waals surface area contributed by atoms with Gasteiger partial charge in [0.05, 0.1) is 11.2 Å². The topological polar surface area (TPSA) is 44.1 Å². The number of amides is 1. The molecular weight excluding hydrogens is 422 g/mol. The molecule has 6 nitrogen and oxygen atoms in total. The summed E-state index contributed by atoms with van der Waals surface area (Å²) in [5.41, 5.74) is 6.19. The number of anilines is 1.